The number of hydrogen-bond donors (Lipinski definition) is 2. The Labute approximate surface area is 299 Å². The van der Waals surface area contributed by atoms with Crippen molar-refractivity contribution in [1.29, 1.82) is 0 Å². The highest BCUT2D eigenvalue weighted by molar-refractivity contribution is 6.01. The molecule has 0 bridgehead atoms. The number of fused-ring (bicyclic) bond motifs is 7. The number of carbonyl (C=O) groups is 2. The zero-order chi connectivity index (χ0) is 36.0. The van der Waals surface area contributed by atoms with Gasteiger partial charge in [-0.3, -0.25) is 9.59 Å². The van der Waals surface area contributed by atoms with Crippen molar-refractivity contribution < 1.29 is 42.8 Å². The molecule has 0 spiro atoms. The number of benzene rings is 2. The summed E-state index contributed by atoms with van der Waals surface area (Å²) >= 11 is 0. The Balaban J connectivity index is 0.00000448. The first-order valence-corrected chi connectivity index (χ1v) is 17.6. The number of nitrogens with zero attached hydrogens (tertiary/aromatic N) is 1. The SMILES string of the molecule is C.COc1cc(Cc2ccc([C@@H]3O[C@@H]4C[C@H]5[C@@H]6C[C@H](F)C7=CC(=O)C=C[C@]7(C)[C@@]6(F)[C@@H](O)C[C@]5(C)[C@]4(C(=O)CO)O3)cc2)ccc1N(C)C(C)C. The highest BCUT2D eigenvalue weighted by Gasteiger charge is 2.80. The molecular weight excluding hydrogens is 656 g/mol. The van der Waals surface area contributed by atoms with E-state index in [4.69, 9.17) is 14.2 Å². The van der Waals surface area contributed by atoms with Gasteiger partial charge in [-0.2, -0.15) is 0 Å². The van der Waals surface area contributed by atoms with Crippen molar-refractivity contribution in [3.8, 4) is 5.75 Å². The van der Waals surface area contributed by atoms with E-state index in [2.05, 4.69) is 30.9 Å². The van der Waals surface area contributed by atoms with Gasteiger partial charge in [-0.15, -0.1) is 0 Å². The van der Waals surface area contributed by atoms with E-state index in [1.807, 2.05) is 37.4 Å². The summed E-state index contributed by atoms with van der Waals surface area (Å²) < 4.78 is 52.3. The van der Waals surface area contributed by atoms with E-state index in [0.717, 1.165) is 28.6 Å². The molecule has 10 heteroatoms. The maximum absolute atomic E-state index is 17.6. The maximum Gasteiger partial charge on any atom is 0.193 e. The average Bonchev–Trinajstić information content (AvgIpc) is 3.59. The Bertz CT molecular complexity index is 1760. The van der Waals surface area contributed by atoms with E-state index in [-0.39, 0.29) is 32.3 Å². The lowest BCUT2D eigenvalue weighted by molar-refractivity contribution is -0.235. The number of anilines is 1. The Hall–Kier alpha value is -3.44. The quantitative estimate of drug-likeness (QED) is 0.325. The zero-order valence-electron chi connectivity index (χ0n) is 29.5. The highest BCUT2D eigenvalue weighted by Crippen LogP contribution is 2.72. The van der Waals surface area contributed by atoms with Gasteiger partial charge in [0.05, 0.1) is 25.0 Å². The molecule has 4 fully saturated rings. The number of alkyl halides is 2. The Morgan fingerprint density at radius 2 is 1.78 bits per heavy atom. The number of ketones is 2. The normalized spacial score (nSPS) is 37.9. The highest BCUT2D eigenvalue weighted by atomic mass is 19.1. The molecule has 0 unspecified atom stereocenters. The van der Waals surface area contributed by atoms with Crippen LogP contribution in [0.2, 0.25) is 0 Å². The second-order valence-electron chi connectivity index (χ2n) is 15.6. The third kappa shape index (κ3) is 5.18. The predicted octanol–water partition coefficient (Wildman–Crippen LogP) is 6.41. The van der Waals surface area contributed by atoms with Crippen LogP contribution in [-0.2, 0) is 25.5 Å². The smallest absolute Gasteiger partial charge is 0.193 e. The molecule has 5 aliphatic rings. The number of allylic oxidation sites excluding steroid dienone is 4. The Kier molecular flexibility index (Phi) is 9.44. The van der Waals surface area contributed by atoms with Gasteiger partial charge in [0.1, 0.15) is 18.5 Å². The van der Waals surface area contributed by atoms with Crippen molar-refractivity contribution in [2.24, 2.45) is 22.7 Å². The van der Waals surface area contributed by atoms with Crippen LogP contribution in [0.3, 0.4) is 0 Å². The van der Waals surface area contributed by atoms with Gasteiger partial charge in [0.25, 0.3) is 0 Å². The molecule has 2 N–H and O–H groups in total. The van der Waals surface area contributed by atoms with Crippen molar-refractivity contribution in [2.75, 3.05) is 25.7 Å². The van der Waals surface area contributed by atoms with E-state index in [9.17, 15) is 19.8 Å². The summed E-state index contributed by atoms with van der Waals surface area (Å²) in [5.41, 5.74) is -2.84. The van der Waals surface area contributed by atoms with Crippen molar-refractivity contribution in [3.63, 3.8) is 0 Å². The van der Waals surface area contributed by atoms with Gasteiger partial charge < -0.3 is 29.3 Å². The summed E-state index contributed by atoms with van der Waals surface area (Å²) in [4.78, 5) is 28.2. The Morgan fingerprint density at radius 3 is 2.43 bits per heavy atom. The predicted molar refractivity (Wildman–Crippen MR) is 190 cm³/mol. The second-order valence-corrected chi connectivity index (χ2v) is 15.6. The molecule has 10 atom stereocenters. The molecule has 0 amide bonds. The molecule has 7 rings (SSSR count). The molecule has 3 saturated carbocycles. The van der Waals surface area contributed by atoms with Gasteiger partial charge in [-0.25, -0.2) is 8.78 Å². The fourth-order valence-corrected chi connectivity index (χ4v) is 10.1. The second kappa shape index (κ2) is 12.9. The minimum atomic E-state index is -2.30. The number of carbonyl (C=O) groups excluding carboxylic acids is 2. The summed E-state index contributed by atoms with van der Waals surface area (Å²) in [6.45, 7) is 6.74. The number of ether oxygens (including phenoxy) is 3. The molecule has 1 heterocycles. The summed E-state index contributed by atoms with van der Waals surface area (Å²) in [6.07, 6.45) is -0.781. The fourth-order valence-electron chi connectivity index (χ4n) is 10.1. The van der Waals surface area contributed by atoms with E-state index in [0.29, 0.717) is 18.0 Å². The summed E-state index contributed by atoms with van der Waals surface area (Å²) in [6, 6.07) is 14.2. The van der Waals surface area contributed by atoms with Gasteiger partial charge in [0, 0.05) is 35.4 Å². The van der Waals surface area contributed by atoms with Crippen molar-refractivity contribution >= 4 is 17.3 Å². The topological polar surface area (TPSA) is 106 Å². The lowest BCUT2D eigenvalue weighted by Crippen LogP contribution is -2.70. The molecule has 1 aliphatic heterocycles. The number of Topliss-reactive ketones (excluding diaryl/α,β-unsaturated/α-hetero) is 1. The first-order valence-electron chi connectivity index (χ1n) is 17.6. The molecule has 51 heavy (non-hydrogen) atoms. The number of aliphatic hydroxyl groups excluding tert-OH is 2. The Morgan fingerprint density at radius 1 is 1.10 bits per heavy atom. The van der Waals surface area contributed by atoms with Crippen LogP contribution < -0.4 is 9.64 Å². The van der Waals surface area contributed by atoms with Crippen LogP contribution in [0.15, 0.2) is 66.3 Å². The van der Waals surface area contributed by atoms with Gasteiger partial charge in [-0.1, -0.05) is 50.8 Å². The molecular formula is C41H51F2NO7. The molecule has 8 nitrogen and oxygen atoms in total. The van der Waals surface area contributed by atoms with E-state index >= 15 is 8.78 Å². The molecule has 4 aliphatic carbocycles. The van der Waals surface area contributed by atoms with Gasteiger partial charge >= 0.3 is 0 Å². The first-order chi connectivity index (χ1) is 23.6. The number of hydrogen-bond acceptors (Lipinski definition) is 8. The number of halogens is 2. The maximum atomic E-state index is 17.6. The molecule has 0 aromatic heterocycles. The van der Waals surface area contributed by atoms with Crippen molar-refractivity contribution in [3.05, 3.63) is 83.0 Å². The lowest BCUT2D eigenvalue weighted by atomic mass is 9.44. The summed E-state index contributed by atoms with van der Waals surface area (Å²) in [5, 5.41) is 22.0. The standard InChI is InChI=1S/C40H47F2NO7.CH4/c1-22(2)43(5)31-12-9-24(16-32(31)48-6)15-23-7-10-25(11-8-23)36-49-35-19-27-28-18-30(41)29-17-26(45)13-14-37(29,3)39(28,42)33(46)20-38(27,4)40(35,50-36)34(47)21-44;/h7-14,16-17,22,27-28,30,33,35-36,44,46H,15,18-21H2,1-6H3;1H4/t27-,28-,30-,33-,35+,36+,37-,38-,39-,40+;/m0./s1. The van der Waals surface area contributed by atoms with E-state index < -0.39 is 76.8 Å². The molecule has 276 valence electrons. The third-order valence-corrected chi connectivity index (χ3v) is 13.0. The van der Waals surface area contributed by atoms with Crippen LogP contribution in [0, 0.1) is 22.7 Å². The van der Waals surface area contributed by atoms with Crippen molar-refractivity contribution in [2.45, 2.75) is 103 Å². The summed E-state index contributed by atoms with van der Waals surface area (Å²) in [5.74, 6) is -1.82. The van der Waals surface area contributed by atoms with Crippen LogP contribution >= 0.6 is 0 Å². The van der Waals surface area contributed by atoms with E-state index in [1.165, 1.54) is 12.2 Å². The lowest BCUT2D eigenvalue weighted by Gasteiger charge is -2.63. The first kappa shape index (κ1) is 37.3. The number of rotatable bonds is 8. The van der Waals surface area contributed by atoms with Crippen LogP contribution in [0.1, 0.15) is 77.4 Å². The van der Waals surface area contributed by atoms with Crippen molar-refractivity contribution in [1.82, 2.24) is 0 Å². The zero-order valence-corrected chi connectivity index (χ0v) is 29.5. The largest absolute Gasteiger partial charge is 0.495 e. The average molecular weight is 708 g/mol. The van der Waals surface area contributed by atoms with Crippen LogP contribution in [0.5, 0.6) is 5.75 Å². The third-order valence-electron chi connectivity index (χ3n) is 13.0. The number of aliphatic hydroxyl groups is 2. The van der Waals surface area contributed by atoms with Crippen LogP contribution in [-0.4, -0.2) is 78.2 Å². The van der Waals surface area contributed by atoms with Gasteiger partial charge in [0.2, 0.25) is 0 Å². The van der Waals surface area contributed by atoms with Crippen LogP contribution in [0.25, 0.3) is 0 Å². The molecule has 2 aromatic rings. The number of methoxy groups -OCH3 is 1. The monoisotopic (exact) mass is 707 g/mol. The molecule has 0 radical (unpaired) electrons. The summed E-state index contributed by atoms with van der Waals surface area (Å²) in [7, 11) is 3.70. The van der Waals surface area contributed by atoms with Gasteiger partial charge in [0.15, 0.2) is 29.1 Å². The minimum Gasteiger partial charge on any atom is -0.495 e. The molecule has 2 aromatic carbocycles. The van der Waals surface area contributed by atoms with E-state index in [1.54, 1.807) is 21.0 Å². The minimum absolute atomic E-state index is 0. The van der Waals surface area contributed by atoms with Gasteiger partial charge in [-0.05, 0) is 93.4 Å². The van der Waals surface area contributed by atoms with Crippen LogP contribution in [0.4, 0.5) is 14.5 Å². The molecule has 1 saturated heterocycles. The fraction of sp³-hybridized carbons (Fsp3) is 0.561.